The van der Waals surface area contributed by atoms with Crippen molar-refractivity contribution in [3.8, 4) is 17.2 Å². The number of hydrogen-bond acceptors (Lipinski definition) is 4. The molecule has 0 atom stereocenters. The summed E-state index contributed by atoms with van der Waals surface area (Å²) in [5.41, 5.74) is 0.651. The predicted octanol–water partition coefficient (Wildman–Crippen LogP) is 1.32. The molecule has 2 aromatic carbocycles. The summed E-state index contributed by atoms with van der Waals surface area (Å²) in [6, 6.07) is 11.4. The van der Waals surface area contributed by atoms with Crippen LogP contribution in [-0.4, -0.2) is 13.0 Å². The van der Waals surface area contributed by atoms with Crippen LogP contribution < -0.4 is 61.2 Å². The van der Waals surface area contributed by atoms with Crippen LogP contribution in [0.5, 0.6) is 17.2 Å². The average Bonchev–Trinajstić information content (AvgIpc) is 2.57. The summed E-state index contributed by atoms with van der Waals surface area (Å²) in [7, 11) is -4.59. The Kier molecular flexibility index (Phi) is 10.4. The van der Waals surface area contributed by atoms with Crippen molar-refractivity contribution >= 4 is 10.1 Å². The Morgan fingerprint density at radius 2 is 1.65 bits per heavy atom. The van der Waals surface area contributed by atoms with E-state index in [1.165, 1.54) is 6.42 Å². The molecule has 7 heteroatoms. The Labute approximate surface area is 198 Å². The summed E-state index contributed by atoms with van der Waals surface area (Å²) in [6.45, 7) is 2.14. The van der Waals surface area contributed by atoms with Crippen molar-refractivity contribution < 1.29 is 74.2 Å². The molecule has 0 aliphatic carbocycles. The zero-order valence-corrected chi connectivity index (χ0v) is 19.2. The van der Waals surface area contributed by atoms with E-state index in [1.54, 1.807) is 30.3 Å². The van der Waals surface area contributed by atoms with Crippen LogP contribution in [0.3, 0.4) is 0 Å². The quantitative estimate of drug-likeness (QED) is 0.388. The first-order chi connectivity index (χ1) is 11.9. The Hall–Kier alpha value is -0.414. The van der Waals surface area contributed by atoms with Gasteiger partial charge in [-0.25, -0.2) is 0 Å². The number of rotatable bonds is 9. The van der Waals surface area contributed by atoms with Gasteiger partial charge in [-0.15, -0.1) is 0 Å². The van der Waals surface area contributed by atoms with Gasteiger partial charge in [-0.3, -0.25) is 4.55 Å². The molecule has 0 amide bonds. The first kappa shape index (κ1) is 23.6. The maximum absolute atomic E-state index is 12.5. The molecule has 136 valence electrons. The molecular formula is C19H23KO5S. The summed E-state index contributed by atoms with van der Waals surface area (Å²) in [6.07, 6.45) is 5.98. The van der Waals surface area contributed by atoms with Crippen LogP contribution in [-0.2, 0) is 16.5 Å². The van der Waals surface area contributed by atoms with Crippen molar-refractivity contribution in [1.29, 1.82) is 0 Å². The van der Waals surface area contributed by atoms with E-state index in [4.69, 9.17) is 4.74 Å². The molecule has 0 radical (unpaired) electrons. The largest absolute Gasteiger partial charge is 1.00 e. The van der Waals surface area contributed by atoms with Crippen LogP contribution in [0.15, 0.2) is 47.4 Å². The third-order valence-corrected chi connectivity index (χ3v) is 4.83. The molecule has 0 fully saturated rings. The summed E-state index contributed by atoms with van der Waals surface area (Å²) in [5, 5.41) is 12.5. The molecule has 0 aliphatic heterocycles. The van der Waals surface area contributed by atoms with Gasteiger partial charge in [-0.1, -0.05) is 56.9 Å². The van der Waals surface area contributed by atoms with E-state index in [9.17, 15) is 18.1 Å². The number of benzene rings is 2. The molecule has 0 bridgehead atoms. The molecule has 0 heterocycles. The molecule has 5 nitrogen and oxygen atoms in total. The number of para-hydroxylation sites is 1. The third kappa shape index (κ3) is 6.96. The van der Waals surface area contributed by atoms with Crippen LogP contribution in [0.25, 0.3) is 0 Å². The van der Waals surface area contributed by atoms with Gasteiger partial charge in [0.25, 0.3) is 10.1 Å². The third-order valence-electron chi connectivity index (χ3n) is 3.95. The van der Waals surface area contributed by atoms with Crippen LogP contribution >= 0.6 is 0 Å². The summed E-state index contributed by atoms with van der Waals surface area (Å²) < 4.78 is 37.7. The minimum atomic E-state index is -4.59. The zero-order valence-electron chi connectivity index (χ0n) is 15.3. The monoisotopic (exact) mass is 402 g/mol. The molecule has 1 N–H and O–H groups in total. The van der Waals surface area contributed by atoms with Gasteiger partial charge in [0.15, 0.2) is 0 Å². The Morgan fingerprint density at radius 1 is 1.00 bits per heavy atom. The number of aryl methyl sites for hydroxylation is 1. The average molecular weight is 403 g/mol. The minimum absolute atomic E-state index is 0. The van der Waals surface area contributed by atoms with Crippen LogP contribution in [0.4, 0.5) is 0 Å². The molecule has 0 aromatic heterocycles. The van der Waals surface area contributed by atoms with E-state index >= 15 is 0 Å². The van der Waals surface area contributed by atoms with Gasteiger partial charge in [0.05, 0.1) is 4.90 Å². The topological polar surface area (TPSA) is 86.7 Å². The van der Waals surface area contributed by atoms with Crippen molar-refractivity contribution in [2.24, 2.45) is 0 Å². The maximum atomic E-state index is 12.5. The second-order valence-electron chi connectivity index (χ2n) is 5.94. The van der Waals surface area contributed by atoms with Gasteiger partial charge >= 0.3 is 51.4 Å². The second-order valence-corrected chi connectivity index (χ2v) is 7.33. The van der Waals surface area contributed by atoms with Gasteiger partial charge in [-0.2, -0.15) is 8.42 Å². The van der Waals surface area contributed by atoms with Crippen molar-refractivity contribution in [2.75, 3.05) is 0 Å². The first-order valence-electron chi connectivity index (χ1n) is 8.46. The molecule has 2 aromatic rings. The molecule has 2 rings (SSSR count). The molecule has 0 spiro atoms. The zero-order chi connectivity index (χ0) is 18.3. The SMILES string of the molecule is CCCCCCCc1ccc(S(=O)(=O)O)c([O-])c1Oc1ccccc1.[K+]. The van der Waals surface area contributed by atoms with Gasteiger partial charge in [0.2, 0.25) is 0 Å². The van der Waals surface area contributed by atoms with Gasteiger partial charge in [-0.05, 0) is 42.4 Å². The Bertz CT molecular complexity index is 791. The van der Waals surface area contributed by atoms with Crippen LogP contribution in [0.2, 0.25) is 0 Å². The summed E-state index contributed by atoms with van der Waals surface area (Å²) in [5.74, 6) is -0.395. The number of ether oxygens (including phenoxy) is 1. The Balaban J connectivity index is 0.00000338. The van der Waals surface area contributed by atoms with E-state index in [2.05, 4.69) is 6.92 Å². The molecule has 0 saturated heterocycles. The van der Waals surface area contributed by atoms with Crippen molar-refractivity contribution in [2.45, 2.75) is 50.3 Å². The molecule has 0 saturated carbocycles. The van der Waals surface area contributed by atoms with Crippen molar-refractivity contribution in [1.82, 2.24) is 0 Å². The standard InChI is InChI=1S/C19H24O5S.K/c1-2-3-4-5-7-10-15-13-14-17(25(21,22)23)18(20)19(15)24-16-11-8-6-9-12-16;/h6,8-9,11-14,20H,2-5,7,10H2,1H3,(H,21,22,23);/q;+1/p-1. The Morgan fingerprint density at radius 3 is 2.27 bits per heavy atom. The van der Waals surface area contributed by atoms with Gasteiger partial charge in [0, 0.05) is 0 Å². The molecular weight excluding hydrogens is 379 g/mol. The van der Waals surface area contributed by atoms with Gasteiger partial charge < -0.3 is 9.84 Å². The molecule has 26 heavy (non-hydrogen) atoms. The smallest absolute Gasteiger partial charge is 0.869 e. The van der Waals surface area contributed by atoms with E-state index in [-0.39, 0.29) is 57.1 Å². The van der Waals surface area contributed by atoms with E-state index < -0.39 is 20.8 Å². The van der Waals surface area contributed by atoms with Crippen molar-refractivity contribution in [3.05, 3.63) is 48.0 Å². The fraction of sp³-hybridized carbons (Fsp3) is 0.368. The summed E-state index contributed by atoms with van der Waals surface area (Å²) >= 11 is 0. The molecule has 0 unspecified atom stereocenters. The number of unbranched alkanes of at least 4 members (excludes halogenated alkanes) is 4. The van der Waals surface area contributed by atoms with Crippen molar-refractivity contribution in [3.63, 3.8) is 0 Å². The minimum Gasteiger partial charge on any atom is -0.869 e. The van der Waals surface area contributed by atoms with E-state index in [0.29, 0.717) is 17.7 Å². The normalized spacial score (nSPS) is 11.0. The second kappa shape index (κ2) is 11.4. The van der Waals surface area contributed by atoms with Crippen LogP contribution in [0, 0.1) is 0 Å². The van der Waals surface area contributed by atoms with Gasteiger partial charge in [0.1, 0.15) is 11.5 Å². The molecule has 0 aliphatic rings. The maximum Gasteiger partial charge on any atom is 1.00 e. The fourth-order valence-corrected chi connectivity index (χ4v) is 3.19. The fourth-order valence-electron chi connectivity index (χ4n) is 2.62. The van der Waals surface area contributed by atoms with E-state index in [0.717, 1.165) is 31.7 Å². The summed E-state index contributed by atoms with van der Waals surface area (Å²) in [4.78, 5) is -0.659. The van der Waals surface area contributed by atoms with E-state index in [1.807, 2.05) is 6.07 Å². The van der Waals surface area contributed by atoms with Crippen LogP contribution in [0.1, 0.15) is 44.6 Å². The first-order valence-corrected chi connectivity index (χ1v) is 9.90. The number of hydrogen-bond donors (Lipinski definition) is 1. The predicted molar refractivity (Wildman–Crippen MR) is 94.7 cm³/mol.